The van der Waals surface area contributed by atoms with Crippen LogP contribution in [0, 0.1) is 6.92 Å². The van der Waals surface area contributed by atoms with E-state index in [2.05, 4.69) is 36.1 Å². The van der Waals surface area contributed by atoms with Crippen molar-refractivity contribution in [3.8, 4) is 11.5 Å². The van der Waals surface area contributed by atoms with Crippen LogP contribution >= 0.6 is 0 Å². The minimum Gasteiger partial charge on any atom is -0.454 e. The van der Waals surface area contributed by atoms with E-state index in [1.165, 1.54) is 0 Å². The normalized spacial score (nSPS) is 12.6. The van der Waals surface area contributed by atoms with Crippen LogP contribution in [0.3, 0.4) is 0 Å². The van der Waals surface area contributed by atoms with Gasteiger partial charge >= 0.3 is 0 Å². The lowest BCUT2D eigenvalue weighted by molar-refractivity contribution is 0.174. The van der Waals surface area contributed by atoms with E-state index in [9.17, 15) is 0 Å². The Morgan fingerprint density at radius 1 is 0.966 bits per heavy atom. The number of anilines is 3. The Labute approximate surface area is 164 Å². The van der Waals surface area contributed by atoms with Gasteiger partial charge in [0, 0.05) is 5.69 Å². The van der Waals surface area contributed by atoms with Gasteiger partial charge in [-0.2, -0.15) is 10.1 Å². The van der Waals surface area contributed by atoms with Crippen LogP contribution in [0.2, 0.25) is 0 Å². The fourth-order valence-corrected chi connectivity index (χ4v) is 2.82. The molecule has 2 aromatic carbocycles. The van der Waals surface area contributed by atoms with Gasteiger partial charge < -0.3 is 14.8 Å². The zero-order valence-corrected chi connectivity index (χ0v) is 15.3. The topological polar surface area (TPSA) is 120 Å². The maximum atomic E-state index is 5.38. The van der Waals surface area contributed by atoms with Crippen molar-refractivity contribution < 1.29 is 14.1 Å². The lowest BCUT2D eigenvalue weighted by atomic mass is 10.2. The van der Waals surface area contributed by atoms with E-state index in [0.29, 0.717) is 23.0 Å². The van der Waals surface area contributed by atoms with E-state index in [1.54, 1.807) is 6.21 Å². The Kier molecular flexibility index (Phi) is 4.13. The molecule has 2 aromatic heterocycles. The van der Waals surface area contributed by atoms with Crippen LogP contribution in [-0.2, 0) is 0 Å². The standard InChI is InChI=1S/C19H15N7O3/c1-11-3-2-4-13(7-11)21-16-17(23-19-18(22-16)25-29-26-19)24-20-9-12-5-6-14-15(8-12)28-10-27-14/h2-9H,10H2,1H3,(H,21,22,25)(H,23,24,26)/b20-9+. The van der Waals surface area contributed by atoms with Gasteiger partial charge in [0.1, 0.15) is 0 Å². The van der Waals surface area contributed by atoms with Crippen molar-refractivity contribution in [2.45, 2.75) is 6.92 Å². The third kappa shape index (κ3) is 3.50. The highest BCUT2D eigenvalue weighted by atomic mass is 16.7. The molecular weight excluding hydrogens is 374 g/mol. The molecule has 10 nitrogen and oxygen atoms in total. The quantitative estimate of drug-likeness (QED) is 0.391. The summed E-state index contributed by atoms with van der Waals surface area (Å²) in [6, 6.07) is 13.4. The van der Waals surface area contributed by atoms with Crippen molar-refractivity contribution in [3.05, 3.63) is 53.6 Å². The lowest BCUT2D eigenvalue weighted by Crippen LogP contribution is -2.03. The summed E-state index contributed by atoms with van der Waals surface area (Å²) in [4.78, 5) is 8.80. The molecule has 0 saturated carbocycles. The summed E-state index contributed by atoms with van der Waals surface area (Å²) in [5.41, 5.74) is 6.29. The van der Waals surface area contributed by atoms with Gasteiger partial charge in [-0.15, -0.1) is 0 Å². The number of nitrogens with one attached hydrogen (secondary N) is 2. The monoisotopic (exact) mass is 389 g/mol. The number of hydrogen-bond acceptors (Lipinski definition) is 10. The van der Waals surface area contributed by atoms with Crippen LogP contribution < -0.4 is 20.2 Å². The number of ether oxygens (including phenoxy) is 2. The molecule has 29 heavy (non-hydrogen) atoms. The predicted octanol–water partition coefficient (Wildman–Crippen LogP) is 3.24. The average Bonchev–Trinajstić information content (AvgIpc) is 3.36. The second-order valence-electron chi connectivity index (χ2n) is 6.31. The Morgan fingerprint density at radius 2 is 1.79 bits per heavy atom. The minimum absolute atomic E-state index is 0.226. The summed E-state index contributed by atoms with van der Waals surface area (Å²) >= 11 is 0. The third-order valence-corrected chi connectivity index (χ3v) is 4.18. The Morgan fingerprint density at radius 3 is 2.66 bits per heavy atom. The molecule has 0 atom stereocenters. The number of rotatable bonds is 5. The zero-order valence-electron chi connectivity index (χ0n) is 15.3. The van der Waals surface area contributed by atoms with Gasteiger partial charge in [-0.25, -0.2) is 9.61 Å². The number of aryl methyl sites for hydroxylation is 1. The summed E-state index contributed by atoms with van der Waals surface area (Å²) in [7, 11) is 0. The highest BCUT2D eigenvalue weighted by Gasteiger charge is 2.14. The Bertz CT molecular complexity index is 1220. The second kappa shape index (κ2) is 7.08. The summed E-state index contributed by atoms with van der Waals surface area (Å²) in [6.45, 7) is 2.24. The summed E-state index contributed by atoms with van der Waals surface area (Å²) < 4.78 is 15.4. The van der Waals surface area contributed by atoms with Crippen LogP contribution in [0.5, 0.6) is 11.5 Å². The van der Waals surface area contributed by atoms with Crippen molar-refractivity contribution in [1.82, 2.24) is 20.3 Å². The Hall–Kier alpha value is -4.21. The zero-order chi connectivity index (χ0) is 19.6. The smallest absolute Gasteiger partial charge is 0.245 e. The fraction of sp³-hybridized carbons (Fsp3) is 0.105. The van der Waals surface area contributed by atoms with Gasteiger partial charge in [-0.3, -0.25) is 5.43 Å². The molecule has 5 rings (SSSR count). The van der Waals surface area contributed by atoms with Crippen LogP contribution in [0.4, 0.5) is 17.3 Å². The number of benzene rings is 2. The lowest BCUT2D eigenvalue weighted by Gasteiger charge is -2.09. The first kappa shape index (κ1) is 16.9. The first-order valence-corrected chi connectivity index (χ1v) is 8.77. The SMILES string of the molecule is Cc1cccc(Nc2nc3nonc3nc2N/N=C/c2ccc3c(c2)OCO3)c1. The van der Waals surface area contributed by atoms with Gasteiger partial charge in [0.05, 0.1) is 6.21 Å². The van der Waals surface area contributed by atoms with Crippen molar-refractivity contribution in [2.75, 3.05) is 17.5 Å². The number of aromatic nitrogens is 4. The van der Waals surface area contributed by atoms with Crippen LogP contribution in [0.1, 0.15) is 11.1 Å². The molecule has 2 N–H and O–H groups in total. The molecule has 0 spiro atoms. The van der Waals surface area contributed by atoms with E-state index < -0.39 is 0 Å². The molecule has 1 aliphatic rings. The first-order chi connectivity index (χ1) is 14.2. The minimum atomic E-state index is 0.226. The van der Waals surface area contributed by atoms with Crippen molar-refractivity contribution >= 4 is 34.8 Å². The molecule has 10 heteroatoms. The van der Waals surface area contributed by atoms with E-state index in [4.69, 9.17) is 14.1 Å². The molecular formula is C19H15N7O3. The van der Waals surface area contributed by atoms with Crippen molar-refractivity contribution in [3.63, 3.8) is 0 Å². The van der Waals surface area contributed by atoms with Gasteiger partial charge in [0.25, 0.3) is 0 Å². The highest BCUT2D eigenvalue weighted by molar-refractivity contribution is 5.82. The molecule has 0 bridgehead atoms. The van der Waals surface area contributed by atoms with Crippen LogP contribution in [-0.4, -0.2) is 33.3 Å². The molecule has 1 aliphatic heterocycles. The van der Waals surface area contributed by atoms with Gasteiger partial charge in [-0.1, -0.05) is 12.1 Å². The van der Waals surface area contributed by atoms with Gasteiger partial charge in [0.2, 0.25) is 18.1 Å². The maximum absolute atomic E-state index is 5.38. The summed E-state index contributed by atoms with van der Waals surface area (Å²) in [5, 5.41) is 15.0. The first-order valence-electron chi connectivity index (χ1n) is 8.77. The third-order valence-electron chi connectivity index (χ3n) is 4.18. The molecule has 0 aliphatic carbocycles. The number of nitrogens with zero attached hydrogens (tertiary/aromatic N) is 5. The molecule has 4 aromatic rings. The van der Waals surface area contributed by atoms with E-state index in [-0.39, 0.29) is 12.4 Å². The molecule has 144 valence electrons. The second-order valence-corrected chi connectivity index (χ2v) is 6.31. The summed E-state index contributed by atoms with van der Waals surface area (Å²) in [5.74, 6) is 2.23. The molecule has 0 saturated heterocycles. The highest BCUT2D eigenvalue weighted by Crippen LogP contribution is 2.32. The fourth-order valence-electron chi connectivity index (χ4n) is 2.82. The van der Waals surface area contributed by atoms with E-state index >= 15 is 0 Å². The molecule has 0 amide bonds. The largest absolute Gasteiger partial charge is 0.454 e. The number of hydrazone groups is 1. The average molecular weight is 389 g/mol. The molecule has 0 radical (unpaired) electrons. The van der Waals surface area contributed by atoms with E-state index in [0.717, 1.165) is 22.6 Å². The van der Waals surface area contributed by atoms with Crippen molar-refractivity contribution in [1.29, 1.82) is 0 Å². The molecule has 0 unspecified atom stereocenters. The van der Waals surface area contributed by atoms with Crippen molar-refractivity contribution in [2.24, 2.45) is 5.10 Å². The van der Waals surface area contributed by atoms with Gasteiger partial charge in [-0.05, 0) is 58.7 Å². The van der Waals surface area contributed by atoms with Gasteiger partial charge in [0.15, 0.2) is 23.1 Å². The van der Waals surface area contributed by atoms with Crippen LogP contribution in [0.25, 0.3) is 11.3 Å². The number of hydrogen-bond donors (Lipinski definition) is 2. The summed E-state index contributed by atoms with van der Waals surface area (Å²) in [6.07, 6.45) is 1.64. The number of fused-ring (bicyclic) bond motifs is 2. The Balaban J connectivity index is 1.42. The molecule has 0 fully saturated rings. The van der Waals surface area contributed by atoms with E-state index in [1.807, 2.05) is 49.4 Å². The predicted molar refractivity (Wildman–Crippen MR) is 106 cm³/mol. The molecule has 3 heterocycles. The maximum Gasteiger partial charge on any atom is 0.245 e. The van der Waals surface area contributed by atoms with Crippen LogP contribution in [0.15, 0.2) is 52.2 Å².